The lowest BCUT2D eigenvalue weighted by Crippen LogP contribution is -2.33. The second-order valence-electron chi connectivity index (χ2n) is 6.68. The van der Waals surface area contributed by atoms with E-state index in [1.165, 1.54) is 41.6 Å². The Kier molecular flexibility index (Phi) is 4.84. The Balaban J connectivity index is 1.50. The molecule has 25 heavy (non-hydrogen) atoms. The number of likely N-dealkylation sites (tertiary alicyclic amines) is 1. The fourth-order valence-corrected chi connectivity index (χ4v) is 3.66. The maximum atomic E-state index is 4.60. The maximum absolute atomic E-state index is 4.60. The van der Waals surface area contributed by atoms with Gasteiger partial charge in [-0.05, 0) is 54.3 Å². The van der Waals surface area contributed by atoms with Crippen LogP contribution in [0.3, 0.4) is 0 Å². The van der Waals surface area contributed by atoms with Gasteiger partial charge < -0.3 is 0 Å². The fraction of sp³-hybridized carbons (Fsp3) is 0.273. The van der Waals surface area contributed by atoms with E-state index in [4.69, 9.17) is 0 Å². The molecule has 4 rings (SSSR count). The predicted molar refractivity (Wildman–Crippen MR) is 101 cm³/mol. The van der Waals surface area contributed by atoms with Gasteiger partial charge in [0.05, 0.1) is 11.7 Å². The second-order valence-corrected chi connectivity index (χ2v) is 6.68. The van der Waals surface area contributed by atoms with Gasteiger partial charge in [0.2, 0.25) is 0 Å². The molecule has 2 aromatic heterocycles. The van der Waals surface area contributed by atoms with Crippen LogP contribution in [0.25, 0.3) is 11.1 Å². The van der Waals surface area contributed by atoms with Crippen molar-refractivity contribution < 1.29 is 0 Å². The highest BCUT2D eigenvalue weighted by Crippen LogP contribution is 2.31. The zero-order valence-electron chi connectivity index (χ0n) is 14.4. The van der Waals surface area contributed by atoms with Crippen molar-refractivity contribution in [1.29, 1.82) is 0 Å². The van der Waals surface area contributed by atoms with Gasteiger partial charge in [-0.3, -0.25) is 14.9 Å². The van der Waals surface area contributed by atoms with Crippen LogP contribution in [0.1, 0.15) is 36.6 Å². The number of piperidine rings is 1. The molecule has 0 amide bonds. The number of pyridine rings is 2. The van der Waals surface area contributed by atoms with Gasteiger partial charge in [-0.15, -0.1) is 0 Å². The lowest BCUT2D eigenvalue weighted by Gasteiger charge is -2.35. The average molecular weight is 329 g/mol. The first-order chi connectivity index (χ1) is 12.4. The monoisotopic (exact) mass is 329 g/mol. The summed E-state index contributed by atoms with van der Waals surface area (Å²) < 4.78 is 0. The lowest BCUT2D eigenvalue weighted by molar-refractivity contribution is 0.137. The minimum Gasteiger partial charge on any atom is -0.291 e. The van der Waals surface area contributed by atoms with E-state index in [0.717, 1.165) is 13.1 Å². The molecule has 1 atom stereocenters. The van der Waals surface area contributed by atoms with Gasteiger partial charge in [0, 0.05) is 25.1 Å². The molecule has 0 N–H and O–H groups in total. The van der Waals surface area contributed by atoms with Gasteiger partial charge in [-0.2, -0.15) is 0 Å². The molecule has 3 aromatic rings. The molecule has 1 unspecified atom stereocenters. The summed E-state index contributed by atoms with van der Waals surface area (Å²) in [6, 6.07) is 19.7. The van der Waals surface area contributed by atoms with E-state index in [2.05, 4.69) is 57.3 Å². The van der Waals surface area contributed by atoms with Crippen molar-refractivity contribution >= 4 is 0 Å². The van der Waals surface area contributed by atoms with Crippen LogP contribution in [-0.4, -0.2) is 21.4 Å². The molecule has 0 spiro atoms. The number of benzene rings is 1. The van der Waals surface area contributed by atoms with E-state index >= 15 is 0 Å². The Bertz CT molecular complexity index is 785. The zero-order valence-corrected chi connectivity index (χ0v) is 14.4. The Labute approximate surface area is 149 Å². The molecule has 0 bridgehead atoms. The van der Waals surface area contributed by atoms with Crippen LogP contribution in [0.2, 0.25) is 0 Å². The average Bonchev–Trinajstić information content (AvgIpc) is 2.70. The Morgan fingerprint density at radius 2 is 1.80 bits per heavy atom. The van der Waals surface area contributed by atoms with Crippen LogP contribution in [-0.2, 0) is 6.54 Å². The first-order valence-electron chi connectivity index (χ1n) is 9.04. The number of aromatic nitrogens is 2. The van der Waals surface area contributed by atoms with Gasteiger partial charge in [-0.1, -0.05) is 42.8 Å². The van der Waals surface area contributed by atoms with Crippen LogP contribution in [0.15, 0.2) is 73.2 Å². The van der Waals surface area contributed by atoms with Crippen molar-refractivity contribution in [3.8, 4) is 11.1 Å². The molecule has 1 fully saturated rings. The summed E-state index contributed by atoms with van der Waals surface area (Å²) in [4.78, 5) is 11.4. The molecule has 1 aliphatic heterocycles. The van der Waals surface area contributed by atoms with Crippen molar-refractivity contribution in [2.45, 2.75) is 31.8 Å². The van der Waals surface area contributed by atoms with Gasteiger partial charge >= 0.3 is 0 Å². The van der Waals surface area contributed by atoms with Gasteiger partial charge in [0.1, 0.15) is 0 Å². The van der Waals surface area contributed by atoms with Gasteiger partial charge in [0.15, 0.2) is 0 Å². The topological polar surface area (TPSA) is 29.0 Å². The first kappa shape index (κ1) is 16.0. The zero-order chi connectivity index (χ0) is 16.9. The third-order valence-corrected chi connectivity index (χ3v) is 4.98. The largest absolute Gasteiger partial charge is 0.291 e. The van der Waals surface area contributed by atoms with E-state index in [9.17, 15) is 0 Å². The summed E-state index contributed by atoms with van der Waals surface area (Å²) in [5, 5.41) is 0. The summed E-state index contributed by atoms with van der Waals surface area (Å²) in [6.07, 6.45) is 9.40. The molecule has 1 saturated heterocycles. The van der Waals surface area contributed by atoms with Crippen LogP contribution >= 0.6 is 0 Å². The fourth-order valence-electron chi connectivity index (χ4n) is 3.66. The number of rotatable bonds is 4. The molecule has 0 saturated carbocycles. The quantitative estimate of drug-likeness (QED) is 0.684. The minimum atomic E-state index is 0.438. The summed E-state index contributed by atoms with van der Waals surface area (Å²) in [6.45, 7) is 2.13. The standard InChI is InChI=1S/C22H23N3/c1-3-14-24-21(7-1)22-8-2-4-15-25(22)17-18-9-11-19(12-10-18)20-6-5-13-23-16-20/h1,3,5-7,9-14,16,22H,2,4,8,15,17H2. The van der Waals surface area contributed by atoms with E-state index in [1.807, 2.05) is 30.7 Å². The SMILES string of the molecule is c1ccc(C2CCCCN2Cc2ccc(-c3cccnc3)cc2)nc1. The number of nitrogens with zero attached hydrogens (tertiary/aromatic N) is 3. The van der Waals surface area contributed by atoms with E-state index < -0.39 is 0 Å². The Morgan fingerprint density at radius 1 is 0.880 bits per heavy atom. The number of hydrogen-bond donors (Lipinski definition) is 0. The lowest BCUT2D eigenvalue weighted by atomic mass is 9.97. The van der Waals surface area contributed by atoms with E-state index in [0.29, 0.717) is 6.04 Å². The van der Waals surface area contributed by atoms with Crippen LogP contribution in [0.4, 0.5) is 0 Å². The molecule has 0 radical (unpaired) electrons. The van der Waals surface area contributed by atoms with Crippen LogP contribution in [0, 0.1) is 0 Å². The maximum Gasteiger partial charge on any atom is 0.0575 e. The summed E-state index contributed by atoms with van der Waals surface area (Å²) in [5.41, 5.74) is 4.94. The molecule has 1 aromatic carbocycles. The van der Waals surface area contributed by atoms with Crippen molar-refractivity contribution in [3.63, 3.8) is 0 Å². The molecular formula is C22H23N3. The Morgan fingerprint density at radius 3 is 2.56 bits per heavy atom. The highest BCUT2D eigenvalue weighted by atomic mass is 15.2. The molecule has 0 aliphatic carbocycles. The van der Waals surface area contributed by atoms with E-state index in [-0.39, 0.29) is 0 Å². The highest BCUT2D eigenvalue weighted by molar-refractivity contribution is 5.62. The summed E-state index contributed by atoms with van der Waals surface area (Å²) in [7, 11) is 0. The smallest absolute Gasteiger partial charge is 0.0575 e. The number of hydrogen-bond acceptors (Lipinski definition) is 3. The predicted octanol–water partition coefficient (Wildman–Crippen LogP) is 4.87. The van der Waals surface area contributed by atoms with Gasteiger partial charge in [0.25, 0.3) is 0 Å². The Hall–Kier alpha value is -2.52. The minimum absolute atomic E-state index is 0.438. The molecule has 126 valence electrons. The summed E-state index contributed by atoms with van der Waals surface area (Å²) >= 11 is 0. The van der Waals surface area contributed by atoms with E-state index in [1.54, 1.807) is 0 Å². The van der Waals surface area contributed by atoms with Crippen molar-refractivity contribution in [1.82, 2.24) is 14.9 Å². The van der Waals surface area contributed by atoms with Gasteiger partial charge in [-0.25, -0.2) is 0 Å². The molecule has 3 nitrogen and oxygen atoms in total. The van der Waals surface area contributed by atoms with Crippen molar-refractivity contribution in [2.75, 3.05) is 6.54 Å². The third kappa shape index (κ3) is 3.77. The second kappa shape index (κ2) is 7.58. The van der Waals surface area contributed by atoms with Crippen molar-refractivity contribution in [2.24, 2.45) is 0 Å². The molecular weight excluding hydrogens is 306 g/mol. The summed E-state index contributed by atoms with van der Waals surface area (Å²) in [5.74, 6) is 0. The van der Waals surface area contributed by atoms with Crippen LogP contribution in [0.5, 0.6) is 0 Å². The highest BCUT2D eigenvalue weighted by Gasteiger charge is 2.24. The van der Waals surface area contributed by atoms with Crippen molar-refractivity contribution in [3.05, 3.63) is 84.4 Å². The molecule has 1 aliphatic rings. The molecule has 3 heteroatoms. The first-order valence-corrected chi connectivity index (χ1v) is 9.04. The third-order valence-electron chi connectivity index (χ3n) is 4.98. The van der Waals surface area contributed by atoms with Crippen LogP contribution < -0.4 is 0 Å². The molecule has 3 heterocycles. The normalized spacial score (nSPS) is 18.2.